The van der Waals surface area contributed by atoms with Crippen molar-refractivity contribution in [3.8, 4) is 5.75 Å². The number of amides is 1. The summed E-state index contributed by atoms with van der Waals surface area (Å²) in [6, 6.07) is 5.42. The van der Waals surface area contributed by atoms with Crippen molar-refractivity contribution in [2.75, 3.05) is 19.0 Å². The summed E-state index contributed by atoms with van der Waals surface area (Å²) >= 11 is 0. The number of esters is 1. The zero-order chi connectivity index (χ0) is 22.5. The molecule has 2 aromatic carbocycles. The fraction of sp³-hybridized carbons (Fsp3) is 0.263. The highest BCUT2D eigenvalue weighted by molar-refractivity contribution is 6.07. The summed E-state index contributed by atoms with van der Waals surface area (Å²) in [7, 11) is 1.06. The molecule has 30 heavy (non-hydrogen) atoms. The highest BCUT2D eigenvalue weighted by Gasteiger charge is 2.31. The van der Waals surface area contributed by atoms with E-state index in [4.69, 9.17) is 4.74 Å². The molecule has 1 N–H and O–H groups in total. The van der Waals surface area contributed by atoms with E-state index in [0.717, 1.165) is 37.4 Å². The number of anilines is 1. The number of nitrogens with one attached hydrogen (secondary N) is 1. The Bertz CT molecular complexity index is 975. The normalized spacial score (nSPS) is 11.0. The molecule has 1 amide bonds. The van der Waals surface area contributed by atoms with E-state index in [2.05, 4.69) is 10.1 Å². The summed E-state index contributed by atoms with van der Waals surface area (Å²) in [6.45, 7) is 1.98. The number of methoxy groups -OCH3 is 1. The summed E-state index contributed by atoms with van der Waals surface area (Å²) in [5, 5.41) is 13.4. The van der Waals surface area contributed by atoms with Gasteiger partial charge in [0.25, 0.3) is 11.6 Å². The highest BCUT2D eigenvalue weighted by Crippen LogP contribution is 2.35. The molecular weight excluding hydrogens is 409 g/mol. The monoisotopic (exact) mass is 426 g/mol. The van der Waals surface area contributed by atoms with Crippen molar-refractivity contribution in [1.82, 2.24) is 0 Å². The number of nitro benzene ring substituents is 1. The quantitative estimate of drug-likeness (QED) is 0.398. The first-order valence-electron chi connectivity index (χ1n) is 8.60. The number of nitrogens with zero attached hydrogens (tertiary/aromatic N) is 1. The Hall–Kier alpha value is -3.63. The van der Waals surface area contributed by atoms with Gasteiger partial charge in [-0.3, -0.25) is 14.9 Å². The van der Waals surface area contributed by atoms with Crippen molar-refractivity contribution in [2.45, 2.75) is 19.5 Å². The number of nitro groups is 1. The summed E-state index contributed by atoms with van der Waals surface area (Å²) in [5.41, 5.74) is -2.42. The second-order valence-corrected chi connectivity index (χ2v) is 6.03. The Labute approximate surface area is 168 Å². The maximum atomic E-state index is 13.1. The number of rotatable bonds is 7. The van der Waals surface area contributed by atoms with E-state index in [9.17, 15) is 32.9 Å². The predicted octanol–water partition coefficient (Wildman–Crippen LogP) is 4.44. The molecule has 8 nitrogen and oxygen atoms in total. The van der Waals surface area contributed by atoms with Crippen LogP contribution >= 0.6 is 0 Å². The molecule has 2 aromatic rings. The molecule has 0 unspecified atom stereocenters. The third-order valence-corrected chi connectivity index (χ3v) is 3.83. The first-order chi connectivity index (χ1) is 14.1. The molecule has 160 valence electrons. The Morgan fingerprint density at radius 2 is 1.80 bits per heavy atom. The van der Waals surface area contributed by atoms with Gasteiger partial charge in [0.1, 0.15) is 5.75 Å². The fourth-order valence-electron chi connectivity index (χ4n) is 2.42. The third-order valence-electron chi connectivity index (χ3n) is 3.83. The molecular formula is C19H17F3N2O6. The second kappa shape index (κ2) is 9.25. The molecule has 0 bridgehead atoms. The minimum atomic E-state index is -4.66. The summed E-state index contributed by atoms with van der Waals surface area (Å²) in [5.74, 6) is -1.89. The van der Waals surface area contributed by atoms with E-state index >= 15 is 0 Å². The number of halogens is 3. The van der Waals surface area contributed by atoms with Crippen molar-refractivity contribution in [1.29, 1.82) is 0 Å². The average Bonchev–Trinajstić information content (AvgIpc) is 2.70. The van der Waals surface area contributed by atoms with Crippen LogP contribution in [-0.4, -0.2) is 30.5 Å². The molecule has 0 aliphatic rings. The zero-order valence-corrected chi connectivity index (χ0v) is 15.9. The fourth-order valence-corrected chi connectivity index (χ4v) is 2.42. The SMILES string of the molecule is CCCOc1ccc(C(F)(F)F)cc1NC(=O)c1cc(C(=O)OC)cc([N+](=O)[O-])c1. The average molecular weight is 426 g/mol. The van der Waals surface area contributed by atoms with Crippen LogP contribution in [0.4, 0.5) is 24.5 Å². The number of hydrogen-bond donors (Lipinski definition) is 1. The molecule has 0 aromatic heterocycles. The van der Waals surface area contributed by atoms with E-state index in [1.165, 1.54) is 0 Å². The first kappa shape index (κ1) is 22.7. The van der Waals surface area contributed by atoms with E-state index < -0.39 is 34.2 Å². The molecule has 0 saturated heterocycles. The molecule has 0 atom stereocenters. The van der Waals surface area contributed by atoms with E-state index in [0.29, 0.717) is 12.5 Å². The second-order valence-electron chi connectivity index (χ2n) is 6.03. The molecule has 2 rings (SSSR count). The Morgan fingerprint density at radius 3 is 2.37 bits per heavy atom. The van der Waals surface area contributed by atoms with Crippen LogP contribution in [-0.2, 0) is 10.9 Å². The van der Waals surface area contributed by atoms with Crippen LogP contribution in [0.25, 0.3) is 0 Å². The molecule has 0 spiro atoms. The topological polar surface area (TPSA) is 108 Å². The predicted molar refractivity (Wildman–Crippen MR) is 99.6 cm³/mol. The van der Waals surface area contributed by atoms with E-state index in [1.54, 1.807) is 6.92 Å². The van der Waals surface area contributed by atoms with E-state index in [1.807, 2.05) is 0 Å². The molecule has 0 radical (unpaired) electrons. The van der Waals surface area contributed by atoms with Gasteiger partial charge in [0, 0.05) is 17.7 Å². The largest absolute Gasteiger partial charge is 0.491 e. The molecule has 11 heteroatoms. The number of ether oxygens (including phenoxy) is 2. The van der Waals surface area contributed by atoms with Gasteiger partial charge in [-0.1, -0.05) is 6.92 Å². The van der Waals surface area contributed by atoms with Gasteiger partial charge in [-0.15, -0.1) is 0 Å². The van der Waals surface area contributed by atoms with Gasteiger partial charge in [-0.25, -0.2) is 4.79 Å². The number of carbonyl (C=O) groups is 2. The maximum absolute atomic E-state index is 13.1. The Kier molecular flexibility index (Phi) is 6.98. The van der Waals surface area contributed by atoms with Gasteiger partial charge in [0.05, 0.1) is 35.5 Å². The summed E-state index contributed by atoms with van der Waals surface area (Å²) in [6.07, 6.45) is -4.09. The lowest BCUT2D eigenvalue weighted by Gasteiger charge is -2.15. The molecule has 0 fully saturated rings. The Balaban J connectivity index is 2.46. The molecule has 0 saturated carbocycles. The smallest absolute Gasteiger partial charge is 0.416 e. The number of non-ortho nitro benzene ring substituents is 1. The molecule has 0 aliphatic carbocycles. The van der Waals surface area contributed by atoms with Crippen LogP contribution in [0.2, 0.25) is 0 Å². The van der Waals surface area contributed by atoms with Gasteiger partial charge >= 0.3 is 12.1 Å². The van der Waals surface area contributed by atoms with Crippen LogP contribution in [0.15, 0.2) is 36.4 Å². The van der Waals surface area contributed by atoms with Gasteiger partial charge in [-0.05, 0) is 30.7 Å². The van der Waals surface area contributed by atoms with Crippen LogP contribution in [0.3, 0.4) is 0 Å². The van der Waals surface area contributed by atoms with Crippen molar-refractivity contribution in [3.05, 3.63) is 63.2 Å². The molecule has 0 aliphatic heterocycles. The Morgan fingerprint density at radius 1 is 1.13 bits per heavy atom. The van der Waals surface area contributed by atoms with Crippen LogP contribution in [0.1, 0.15) is 39.6 Å². The van der Waals surface area contributed by atoms with Crippen LogP contribution in [0, 0.1) is 10.1 Å². The van der Waals surface area contributed by atoms with Gasteiger partial charge in [-0.2, -0.15) is 13.2 Å². The lowest BCUT2D eigenvalue weighted by atomic mass is 10.1. The summed E-state index contributed by atoms with van der Waals surface area (Å²) < 4.78 is 49.0. The van der Waals surface area contributed by atoms with Crippen molar-refractivity contribution in [2.24, 2.45) is 0 Å². The summed E-state index contributed by atoms with van der Waals surface area (Å²) in [4.78, 5) is 34.6. The maximum Gasteiger partial charge on any atom is 0.416 e. The number of hydrogen-bond acceptors (Lipinski definition) is 6. The zero-order valence-electron chi connectivity index (χ0n) is 15.9. The number of carbonyl (C=O) groups excluding carboxylic acids is 2. The van der Waals surface area contributed by atoms with E-state index in [-0.39, 0.29) is 29.2 Å². The number of alkyl halides is 3. The minimum absolute atomic E-state index is 0.00294. The standard InChI is InChI=1S/C19H17F3N2O6/c1-3-6-30-16-5-4-13(19(20,21)22)10-15(16)23-17(25)11-7-12(18(26)29-2)9-14(8-11)24(27)28/h4-5,7-10H,3,6H2,1-2H3,(H,23,25). The highest BCUT2D eigenvalue weighted by atomic mass is 19.4. The lowest BCUT2D eigenvalue weighted by Crippen LogP contribution is -2.16. The van der Waals surface area contributed by atoms with Crippen molar-refractivity contribution < 1.29 is 37.2 Å². The molecule has 0 heterocycles. The lowest BCUT2D eigenvalue weighted by molar-refractivity contribution is -0.384. The van der Waals surface area contributed by atoms with Gasteiger partial charge in [0.15, 0.2) is 0 Å². The number of benzene rings is 2. The van der Waals surface area contributed by atoms with Crippen molar-refractivity contribution >= 4 is 23.3 Å². The third kappa shape index (κ3) is 5.46. The van der Waals surface area contributed by atoms with Gasteiger partial charge < -0.3 is 14.8 Å². The van der Waals surface area contributed by atoms with Gasteiger partial charge in [0.2, 0.25) is 0 Å². The first-order valence-corrected chi connectivity index (χ1v) is 8.60. The minimum Gasteiger partial charge on any atom is -0.491 e. The van der Waals surface area contributed by atoms with Crippen LogP contribution < -0.4 is 10.1 Å². The van der Waals surface area contributed by atoms with Crippen molar-refractivity contribution in [3.63, 3.8) is 0 Å². The van der Waals surface area contributed by atoms with Crippen LogP contribution in [0.5, 0.6) is 5.75 Å².